The maximum Gasteiger partial charge on any atom is 0.673 e. The Morgan fingerprint density at radius 1 is 1.30 bits per heavy atom. The fourth-order valence-electron chi connectivity index (χ4n) is 1.38. The Morgan fingerprint density at radius 2 is 1.85 bits per heavy atom. The van der Waals surface area contributed by atoms with E-state index in [2.05, 4.69) is 11.0 Å². The third kappa shape index (κ3) is 15.0. The first kappa shape index (κ1) is 19.0. The Morgan fingerprint density at radius 3 is 2.25 bits per heavy atom. The van der Waals surface area contributed by atoms with Gasteiger partial charge in [0.05, 0.1) is 5.75 Å². The summed E-state index contributed by atoms with van der Waals surface area (Å²) < 4.78 is 68.4. The van der Waals surface area contributed by atoms with Crippen molar-refractivity contribution in [2.75, 3.05) is 18.8 Å². The molecule has 0 unspecified atom stereocenters. The van der Waals surface area contributed by atoms with Gasteiger partial charge in [0.15, 0.2) is 0 Å². The zero-order valence-electron chi connectivity index (χ0n) is 11.0. The van der Waals surface area contributed by atoms with Gasteiger partial charge in [0.1, 0.15) is 0 Å². The topological polar surface area (TPSA) is 57.6 Å². The van der Waals surface area contributed by atoms with Crippen molar-refractivity contribution in [2.24, 2.45) is 0 Å². The molecule has 0 atom stereocenters. The van der Waals surface area contributed by atoms with Gasteiger partial charge in [-0.15, -0.1) is 0 Å². The minimum atomic E-state index is -6.00. The average Bonchev–Trinajstić information content (AvgIpc) is 2.23. The molecule has 1 heterocycles. The van der Waals surface area contributed by atoms with Gasteiger partial charge in [-0.05, 0) is 32.0 Å². The normalized spacial score (nSPS) is 15.5. The van der Waals surface area contributed by atoms with Gasteiger partial charge in [-0.3, -0.25) is 4.55 Å². The van der Waals surface area contributed by atoms with Gasteiger partial charge in [-0.25, -0.2) is 0 Å². The molecule has 0 radical (unpaired) electrons. The monoisotopic (exact) mass is 318 g/mol. The molecule has 0 aromatic heterocycles. The summed E-state index contributed by atoms with van der Waals surface area (Å²) in [5.41, 5.74) is 1.25. The van der Waals surface area contributed by atoms with Crippen LogP contribution in [0.4, 0.5) is 17.3 Å². The third-order valence-corrected chi connectivity index (χ3v) is 3.10. The third-order valence-electron chi connectivity index (χ3n) is 2.29. The summed E-state index contributed by atoms with van der Waals surface area (Å²) in [6, 6.07) is 0. The average molecular weight is 318 g/mol. The van der Waals surface area contributed by atoms with Gasteiger partial charge in [0.2, 0.25) is 0 Å². The molecule has 0 bridgehead atoms. The zero-order chi connectivity index (χ0) is 15.8. The van der Waals surface area contributed by atoms with E-state index in [4.69, 9.17) is 4.55 Å². The van der Waals surface area contributed by atoms with Crippen LogP contribution >= 0.6 is 0 Å². The maximum absolute atomic E-state index is 10.4. The Labute approximate surface area is 116 Å². The highest BCUT2D eigenvalue weighted by Gasteiger charge is 2.20. The Kier molecular flexibility index (Phi) is 7.88. The summed E-state index contributed by atoms with van der Waals surface area (Å²) in [5, 5.41) is 0. The molecule has 0 spiro atoms. The van der Waals surface area contributed by atoms with Gasteiger partial charge < -0.3 is 22.2 Å². The van der Waals surface area contributed by atoms with Crippen LogP contribution in [-0.2, 0) is 10.1 Å². The maximum atomic E-state index is 10.4. The zero-order valence-corrected chi connectivity index (χ0v) is 11.8. The van der Waals surface area contributed by atoms with Crippen molar-refractivity contribution < 1.29 is 30.2 Å². The molecule has 1 aliphatic rings. The van der Waals surface area contributed by atoms with Crippen LogP contribution in [0.5, 0.6) is 0 Å². The Balaban J connectivity index is 0.000000621. The molecule has 20 heavy (non-hydrogen) atoms. The number of hydrogen-bond acceptors (Lipinski definition) is 3. The van der Waals surface area contributed by atoms with Crippen molar-refractivity contribution in [1.82, 2.24) is 4.90 Å². The molecule has 0 saturated carbocycles. The van der Waals surface area contributed by atoms with Gasteiger partial charge in [-0.2, -0.15) is 8.42 Å². The van der Waals surface area contributed by atoms with E-state index in [0.717, 1.165) is 19.5 Å². The second kappa shape index (κ2) is 8.30. The molecule has 118 valence electrons. The SMILES string of the molecule is CC1=CCN(CCCCS(=O)(=O)O)C=C1.F[B-](F)(F)F. The lowest BCUT2D eigenvalue weighted by Crippen LogP contribution is -2.21. The first-order valence-electron chi connectivity index (χ1n) is 5.89. The summed E-state index contributed by atoms with van der Waals surface area (Å²) in [6.45, 7) is 3.76. The number of hydrogen-bond donors (Lipinski definition) is 1. The van der Waals surface area contributed by atoms with E-state index in [9.17, 15) is 25.7 Å². The van der Waals surface area contributed by atoms with Gasteiger partial charge >= 0.3 is 7.25 Å². The van der Waals surface area contributed by atoms with Crippen LogP contribution in [0.3, 0.4) is 0 Å². The minimum absolute atomic E-state index is 0.139. The smallest absolute Gasteiger partial charge is 0.418 e. The van der Waals surface area contributed by atoms with Crippen LogP contribution in [0.25, 0.3) is 0 Å². The fourth-order valence-corrected chi connectivity index (χ4v) is 1.95. The number of allylic oxidation sites excluding steroid dienone is 2. The fraction of sp³-hybridized carbons (Fsp3) is 0.600. The van der Waals surface area contributed by atoms with Crippen molar-refractivity contribution in [1.29, 1.82) is 0 Å². The summed E-state index contributed by atoms with van der Waals surface area (Å²) in [6.07, 6.45) is 7.46. The molecule has 1 rings (SSSR count). The molecule has 4 nitrogen and oxygen atoms in total. The molecule has 10 heteroatoms. The predicted molar refractivity (Wildman–Crippen MR) is 70.3 cm³/mol. The lowest BCUT2D eigenvalue weighted by molar-refractivity contribution is 0.368. The highest BCUT2D eigenvalue weighted by atomic mass is 32.2. The molecule has 0 fully saturated rings. The summed E-state index contributed by atoms with van der Waals surface area (Å²) in [7, 11) is -9.78. The van der Waals surface area contributed by atoms with E-state index < -0.39 is 17.4 Å². The molecular weight excluding hydrogens is 301 g/mol. The van der Waals surface area contributed by atoms with Gasteiger partial charge in [0, 0.05) is 13.1 Å². The minimum Gasteiger partial charge on any atom is -0.418 e. The first-order valence-corrected chi connectivity index (χ1v) is 7.50. The van der Waals surface area contributed by atoms with Gasteiger partial charge in [0.25, 0.3) is 10.1 Å². The van der Waals surface area contributed by atoms with Crippen molar-refractivity contribution in [3.63, 3.8) is 0 Å². The first-order chi connectivity index (χ1) is 8.97. The van der Waals surface area contributed by atoms with Crippen molar-refractivity contribution in [2.45, 2.75) is 19.8 Å². The van der Waals surface area contributed by atoms with Crippen LogP contribution in [-0.4, -0.2) is 44.0 Å². The van der Waals surface area contributed by atoms with E-state index >= 15 is 0 Å². The second-order valence-electron chi connectivity index (χ2n) is 4.25. The number of rotatable bonds is 5. The molecule has 1 aliphatic heterocycles. The molecule has 1 N–H and O–H groups in total. The van der Waals surface area contributed by atoms with Crippen LogP contribution in [0.1, 0.15) is 19.8 Å². The molecule has 0 saturated heterocycles. The van der Waals surface area contributed by atoms with E-state index in [0.29, 0.717) is 6.42 Å². The number of nitrogens with zero attached hydrogens (tertiary/aromatic N) is 1. The highest BCUT2D eigenvalue weighted by Crippen LogP contribution is 2.07. The number of unbranched alkanes of at least 4 members (excludes halogenated alkanes) is 1. The van der Waals surface area contributed by atoms with Crippen LogP contribution in [0.15, 0.2) is 23.9 Å². The molecule has 0 aliphatic carbocycles. The summed E-state index contributed by atoms with van der Waals surface area (Å²) in [5.74, 6) is -0.139. The van der Waals surface area contributed by atoms with Crippen molar-refractivity contribution in [3.05, 3.63) is 23.9 Å². The van der Waals surface area contributed by atoms with Crippen LogP contribution in [0, 0.1) is 0 Å². The number of halogens is 4. The summed E-state index contributed by atoms with van der Waals surface area (Å²) >= 11 is 0. The standard InChI is InChI=1S/C10H17NO3S.BF4/c1-10-4-7-11(8-5-10)6-2-3-9-15(12,13)14;2-1(3,4)5/h4-5,7H,2-3,6,8-9H2,1H3,(H,12,13,14);/q;-1. The highest BCUT2D eigenvalue weighted by molar-refractivity contribution is 7.85. The molecule has 0 aromatic carbocycles. The van der Waals surface area contributed by atoms with E-state index in [1.807, 2.05) is 19.2 Å². The predicted octanol–water partition coefficient (Wildman–Crippen LogP) is 2.73. The molecular formula is C10H17BF4NO3S-. The lowest BCUT2D eigenvalue weighted by Gasteiger charge is -2.21. The molecule has 0 aromatic rings. The van der Waals surface area contributed by atoms with Crippen LogP contribution < -0.4 is 0 Å². The van der Waals surface area contributed by atoms with E-state index in [-0.39, 0.29) is 5.75 Å². The van der Waals surface area contributed by atoms with E-state index in [1.54, 1.807) is 0 Å². The Bertz CT molecular complexity index is 442. The van der Waals surface area contributed by atoms with E-state index in [1.165, 1.54) is 5.57 Å². The van der Waals surface area contributed by atoms with Crippen molar-refractivity contribution >= 4 is 17.4 Å². The van der Waals surface area contributed by atoms with Gasteiger partial charge in [-0.1, -0.05) is 11.6 Å². The Hall–Kier alpha value is -1.03. The second-order valence-corrected chi connectivity index (χ2v) is 5.82. The van der Waals surface area contributed by atoms with Crippen LogP contribution in [0.2, 0.25) is 0 Å². The van der Waals surface area contributed by atoms with Crippen molar-refractivity contribution in [3.8, 4) is 0 Å². The quantitative estimate of drug-likeness (QED) is 0.366. The lowest BCUT2D eigenvalue weighted by atomic mass is 10.2. The molecule has 0 amide bonds. The summed E-state index contributed by atoms with van der Waals surface area (Å²) in [4.78, 5) is 2.12. The largest absolute Gasteiger partial charge is 0.673 e.